The highest BCUT2D eigenvalue weighted by atomic mass is 79.9. The zero-order valence-electron chi connectivity index (χ0n) is 13.0. The maximum atomic E-state index is 12.3. The van der Waals surface area contributed by atoms with Crippen LogP contribution in [0.5, 0.6) is 0 Å². The van der Waals surface area contributed by atoms with Gasteiger partial charge in [-0.2, -0.15) is 0 Å². The van der Waals surface area contributed by atoms with E-state index in [0.717, 1.165) is 12.8 Å². The van der Waals surface area contributed by atoms with Crippen molar-refractivity contribution in [2.24, 2.45) is 0 Å². The van der Waals surface area contributed by atoms with Crippen LogP contribution in [-0.2, 0) is 24.3 Å². The molecule has 1 aliphatic rings. The van der Waals surface area contributed by atoms with Crippen LogP contribution in [0.2, 0.25) is 0 Å². The summed E-state index contributed by atoms with van der Waals surface area (Å²) in [6.45, 7) is 4.17. The predicted molar refractivity (Wildman–Crippen MR) is 88.6 cm³/mol. The van der Waals surface area contributed by atoms with Crippen LogP contribution in [0.1, 0.15) is 25.3 Å². The summed E-state index contributed by atoms with van der Waals surface area (Å²) in [5.74, 6) is -0.692. The van der Waals surface area contributed by atoms with E-state index < -0.39 is 22.0 Å². The van der Waals surface area contributed by atoms with Crippen molar-refractivity contribution < 1.29 is 22.7 Å². The molecule has 2 atom stereocenters. The number of hydrogen-bond acceptors (Lipinski definition) is 5. The molecule has 0 spiro atoms. The lowest BCUT2D eigenvalue weighted by Crippen LogP contribution is -2.39. The quantitative estimate of drug-likeness (QED) is 0.783. The predicted octanol–water partition coefficient (Wildman–Crippen LogP) is 2.15. The number of amides is 1. The summed E-state index contributed by atoms with van der Waals surface area (Å²) >= 11 is 3.23. The third-order valence-corrected chi connectivity index (χ3v) is 5.58. The Morgan fingerprint density at radius 1 is 1.52 bits per heavy atom. The Balaban J connectivity index is 1.98. The van der Waals surface area contributed by atoms with Gasteiger partial charge in [0.15, 0.2) is 0 Å². The minimum Gasteiger partial charge on any atom is -0.376 e. The SMILES string of the molecule is Cc1ccc(Br)cc1S(=O)(=O)NC(=O)[C@@H](C)OC[C@H]1CCCO1. The fourth-order valence-corrected chi connectivity index (χ4v) is 4.06. The molecule has 6 nitrogen and oxygen atoms in total. The van der Waals surface area contributed by atoms with Gasteiger partial charge in [-0.25, -0.2) is 13.1 Å². The van der Waals surface area contributed by atoms with Crippen molar-refractivity contribution in [2.75, 3.05) is 13.2 Å². The van der Waals surface area contributed by atoms with Gasteiger partial charge in [-0.15, -0.1) is 0 Å². The second kappa shape index (κ2) is 7.74. The summed E-state index contributed by atoms with van der Waals surface area (Å²) in [4.78, 5) is 12.1. The van der Waals surface area contributed by atoms with Crippen molar-refractivity contribution in [2.45, 2.75) is 43.8 Å². The average Bonchev–Trinajstić information content (AvgIpc) is 3.00. The van der Waals surface area contributed by atoms with Gasteiger partial charge in [-0.05, 0) is 44.4 Å². The number of nitrogens with one attached hydrogen (secondary N) is 1. The molecule has 128 valence electrons. The van der Waals surface area contributed by atoms with Crippen LogP contribution < -0.4 is 4.72 Å². The van der Waals surface area contributed by atoms with Gasteiger partial charge in [0.05, 0.1) is 17.6 Å². The second-order valence-corrected chi connectivity index (χ2v) is 8.06. The van der Waals surface area contributed by atoms with Crippen molar-refractivity contribution >= 4 is 31.9 Å². The van der Waals surface area contributed by atoms with E-state index in [0.29, 0.717) is 16.6 Å². The summed E-state index contributed by atoms with van der Waals surface area (Å²) in [5.41, 5.74) is 0.557. The van der Waals surface area contributed by atoms with Gasteiger partial charge in [-0.1, -0.05) is 22.0 Å². The molecule has 1 fully saturated rings. The maximum Gasteiger partial charge on any atom is 0.264 e. The van der Waals surface area contributed by atoms with E-state index in [1.807, 2.05) is 0 Å². The van der Waals surface area contributed by atoms with Crippen LogP contribution in [-0.4, -0.2) is 39.7 Å². The third-order valence-electron chi connectivity index (χ3n) is 3.60. The van der Waals surface area contributed by atoms with Crippen LogP contribution in [0.25, 0.3) is 0 Å². The largest absolute Gasteiger partial charge is 0.376 e. The molecule has 1 aliphatic heterocycles. The van der Waals surface area contributed by atoms with E-state index >= 15 is 0 Å². The molecule has 2 rings (SSSR count). The highest BCUT2D eigenvalue weighted by molar-refractivity contribution is 9.10. The lowest BCUT2D eigenvalue weighted by molar-refractivity contribution is -0.131. The van der Waals surface area contributed by atoms with Gasteiger partial charge in [-0.3, -0.25) is 4.79 Å². The molecule has 0 radical (unpaired) electrons. The van der Waals surface area contributed by atoms with Gasteiger partial charge in [0.2, 0.25) is 0 Å². The summed E-state index contributed by atoms with van der Waals surface area (Å²) in [5, 5.41) is 0. The van der Waals surface area contributed by atoms with Gasteiger partial charge in [0, 0.05) is 11.1 Å². The number of sulfonamides is 1. The van der Waals surface area contributed by atoms with Gasteiger partial charge in [0.1, 0.15) is 6.10 Å². The Bertz CT molecular complexity index is 670. The molecule has 0 aromatic heterocycles. The molecule has 1 aromatic carbocycles. The molecule has 0 saturated carbocycles. The minimum absolute atomic E-state index is 0.0193. The van der Waals surface area contributed by atoms with Crippen LogP contribution in [0.15, 0.2) is 27.6 Å². The van der Waals surface area contributed by atoms with Crippen LogP contribution in [0.3, 0.4) is 0 Å². The first-order valence-corrected chi connectivity index (χ1v) is 9.63. The molecule has 1 heterocycles. The fourth-order valence-electron chi connectivity index (χ4n) is 2.24. The standard InChI is InChI=1S/C15H20BrNO5S/c1-10-5-6-12(16)8-14(10)23(19,20)17-15(18)11(2)22-9-13-4-3-7-21-13/h5-6,8,11,13H,3-4,7,9H2,1-2H3,(H,17,18)/t11-,13-/m1/s1. The van der Waals surface area contributed by atoms with Gasteiger partial charge in [0.25, 0.3) is 15.9 Å². The fraction of sp³-hybridized carbons (Fsp3) is 0.533. The first-order chi connectivity index (χ1) is 10.8. The molecular weight excluding hydrogens is 386 g/mol. The van der Waals surface area contributed by atoms with Gasteiger partial charge < -0.3 is 9.47 Å². The van der Waals surface area contributed by atoms with Crippen molar-refractivity contribution in [3.05, 3.63) is 28.2 Å². The van der Waals surface area contributed by atoms with Crippen molar-refractivity contribution in [1.82, 2.24) is 4.72 Å². The first-order valence-electron chi connectivity index (χ1n) is 7.35. The van der Waals surface area contributed by atoms with Gasteiger partial charge >= 0.3 is 0 Å². The molecule has 8 heteroatoms. The Hall–Kier alpha value is -0.960. The number of halogens is 1. The average molecular weight is 406 g/mol. The Labute approximate surface area is 144 Å². The molecule has 0 unspecified atom stereocenters. The lowest BCUT2D eigenvalue weighted by Gasteiger charge is -2.16. The maximum absolute atomic E-state index is 12.3. The Morgan fingerprint density at radius 3 is 2.91 bits per heavy atom. The van der Waals surface area contributed by atoms with Crippen molar-refractivity contribution in [3.63, 3.8) is 0 Å². The zero-order valence-corrected chi connectivity index (χ0v) is 15.4. The van der Waals surface area contributed by atoms with E-state index in [1.165, 1.54) is 13.0 Å². The monoisotopic (exact) mass is 405 g/mol. The molecular formula is C15H20BrNO5S. The molecule has 23 heavy (non-hydrogen) atoms. The third kappa shape index (κ3) is 5.00. The van der Waals surface area contributed by atoms with Crippen molar-refractivity contribution in [1.29, 1.82) is 0 Å². The number of carbonyl (C=O) groups excluding carboxylic acids is 1. The van der Waals surface area contributed by atoms with E-state index in [-0.39, 0.29) is 17.6 Å². The number of ether oxygens (including phenoxy) is 2. The highest BCUT2D eigenvalue weighted by Gasteiger charge is 2.25. The number of aryl methyl sites for hydroxylation is 1. The zero-order chi connectivity index (χ0) is 17.0. The lowest BCUT2D eigenvalue weighted by atomic mass is 10.2. The Morgan fingerprint density at radius 2 is 2.26 bits per heavy atom. The van der Waals surface area contributed by atoms with E-state index in [1.54, 1.807) is 19.1 Å². The summed E-state index contributed by atoms with van der Waals surface area (Å²) < 4.78 is 38.2. The smallest absolute Gasteiger partial charge is 0.264 e. The number of carbonyl (C=O) groups is 1. The summed E-state index contributed by atoms with van der Waals surface area (Å²) in [6, 6.07) is 4.87. The second-order valence-electron chi connectivity index (χ2n) is 5.49. The molecule has 1 aromatic rings. The van der Waals surface area contributed by atoms with E-state index in [4.69, 9.17) is 9.47 Å². The number of hydrogen-bond donors (Lipinski definition) is 1. The molecule has 1 N–H and O–H groups in total. The first kappa shape index (κ1) is 18.4. The normalized spacial score (nSPS) is 19.5. The number of rotatable bonds is 6. The van der Waals surface area contributed by atoms with Crippen LogP contribution in [0, 0.1) is 6.92 Å². The Kier molecular flexibility index (Phi) is 6.19. The molecule has 0 aliphatic carbocycles. The van der Waals surface area contributed by atoms with E-state index in [9.17, 15) is 13.2 Å². The van der Waals surface area contributed by atoms with Crippen LogP contribution >= 0.6 is 15.9 Å². The minimum atomic E-state index is -3.94. The topological polar surface area (TPSA) is 81.7 Å². The molecule has 1 saturated heterocycles. The van der Waals surface area contributed by atoms with E-state index in [2.05, 4.69) is 20.7 Å². The molecule has 1 amide bonds. The highest BCUT2D eigenvalue weighted by Crippen LogP contribution is 2.20. The summed E-state index contributed by atoms with van der Waals surface area (Å²) in [7, 11) is -3.94. The van der Waals surface area contributed by atoms with Crippen molar-refractivity contribution in [3.8, 4) is 0 Å². The summed E-state index contributed by atoms with van der Waals surface area (Å²) in [6.07, 6.45) is 0.977. The molecule has 0 bridgehead atoms. The van der Waals surface area contributed by atoms with Crippen LogP contribution in [0.4, 0.5) is 0 Å². The number of benzene rings is 1.